The zero-order chi connectivity index (χ0) is 11.4. The van der Waals surface area contributed by atoms with Crippen molar-refractivity contribution in [1.82, 2.24) is 0 Å². The molecule has 1 aromatic carbocycles. The average Bonchev–Trinajstić information content (AvgIpc) is 2.18. The lowest BCUT2D eigenvalue weighted by Gasteiger charge is -2.16. The van der Waals surface area contributed by atoms with Crippen molar-refractivity contribution in [3.05, 3.63) is 29.8 Å². The molecule has 2 nitrogen and oxygen atoms in total. The summed E-state index contributed by atoms with van der Waals surface area (Å²) in [7, 11) is 0. The van der Waals surface area contributed by atoms with E-state index >= 15 is 0 Å². The first-order valence-corrected chi connectivity index (χ1v) is 6.15. The second-order valence-electron chi connectivity index (χ2n) is 3.83. The third-order valence-corrected chi connectivity index (χ3v) is 3.15. The number of hydrogen-bond donors (Lipinski definition) is 1. The van der Waals surface area contributed by atoms with Crippen LogP contribution in [0.15, 0.2) is 29.2 Å². The Morgan fingerprint density at radius 3 is 2.06 bits per heavy atom. The number of benzene rings is 1. The van der Waals surface area contributed by atoms with Gasteiger partial charge < -0.3 is 5.11 Å². The maximum atomic E-state index is 11.1. The topological polar surface area (TPSA) is 37.3 Å². The van der Waals surface area contributed by atoms with Gasteiger partial charge in [-0.25, -0.2) is 0 Å². The van der Waals surface area contributed by atoms with Gasteiger partial charge in [-0.15, -0.1) is 24.2 Å². The molecule has 1 atom stereocenters. The highest BCUT2D eigenvalue weighted by atomic mass is 35.5. The Morgan fingerprint density at radius 1 is 1.25 bits per heavy atom. The van der Waals surface area contributed by atoms with Crippen LogP contribution in [0.3, 0.4) is 0 Å². The van der Waals surface area contributed by atoms with E-state index in [0.717, 1.165) is 10.5 Å². The Morgan fingerprint density at radius 2 is 1.75 bits per heavy atom. The first kappa shape index (κ1) is 15.3. The molecule has 1 rings (SSSR count). The number of halogens is 1. The number of carboxylic acid groups (broad SMARTS) is 1. The molecule has 0 heterocycles. The number of rotatable bonds is 4. The minimum Gasteiger partial charge on any atom is -0.481 e. The number of carbonyl (C=O) groups is 1. The van der Waals surface area contributed by atoms with Crippen molar-refractivity contribution < 1.29 is 9.90 Å². The molecular weight excluding hydrogens is 244 g/mol. The summed E-state index contributed by atoms with van der Waals surface area (Å²) in [6.45, 7) is 3.86. The van der Waals surface area contributed by atoms with Crippen LogP contribution in [0.5, 0.6) is 0 Å². The minimum atomic E-state index is -0.748. The summed E-state index contributed by atoms with van der Waals surface area (Å²) in [6, 6.07) is 7.76. The molecule has 0 radical (unpaired) electrons. The maximum absolute atomic E-state index is 11.1. The van der Waals surface area contributed by atoms with Gasteiger partial charge in [-0.2, -0.15) is 0 Å². The van der Waals surface area contributed by atoms with Crippen LogP contribution in [-0.2, 0) is 4.79 Å². The lowest BCUT2D eigenvalue weighted by Crippen LogP contribution is -2.17. The third-order valence-electron chi connectivity index (χ3n) is 2.41. The van der Waals surface area contributed by atoms with E-state index in [9.17, 15) is 4.79 Å². The molecular formula is C12H17ClO2S. The molecule has 0 aromatic heterocycles. The van der Waals surface area contributed by atoms with Crippen LogP contribution < -0.4 is 0 Å². The fraction of sp³-hybridized carbons (Fsp3) is 0.417. The average molecular weight is 261 g/mol. The molecule has 0 bridgehead atoms. The van der Waals surface area contributed by atoms with Crippen LogP contribution in [0.2, 0.25) is 0 Å². The first-order chi connectivity index (χ1) is 7.06. The van der Waals surface area contributed by atoms with Gasteiger partial charge >= 0.3 is 5.97 Å². The van der Waals surface area contributed by atoms with Crippen LogP contribution in [0.1, 0.15) is 25.3 Å². The van der Waals surface area contributed by atoms with Gasteiger partial charge in [0, 0.05) is 4.90 Å². The standard InChI is InChI=1S/C12H16O2S.ClH/c1-8(2)11(12(13)14)9-4-6-10(15-3)7-5-9;/h4-8,11H,1-3H3,(H,13,14);1H. The minimum absolute atomic E-state index is 0. The van der Waals surface area contributed by atoms with E-state index in [1.807, 2.05) is 44.4 Å². The van der Waals surface area contributed by atoms with Crippen LogP contribution >= 0.6 is 24.2 Å². The molecule has 0 saturated heterocycles. The van der Waals surface area contributed by atoms with Gasteiger partial charge in [-0.3, -0.25) is 4.79 Å². The summed E-state index contributed by atoms with van der Waals surface area (Å²) in [5.74, 6) is -1.04. The van der Waals surface area contributed by atoms with E-state index < -0.39 is 11.9 Å². The molecule has 4 heteroatoms. The van der Waals surface area contributed by atoms with Crippen LogP contribution in [0.4, 0.5) is 0 Å². The highest BCUT2D eigenvalue weighted by Crippen LogP contribution is 2.26. The van der Waals surface area contributed by atoms with E-state index in [4.69, 9.17) is 5.11 Å². The van der Waals surface area contributed by atoms with Crippen molar-refractivity contribution in [2.75, 3.05) is 6.26 Å². The van der Waals surface area contributed by atoms with Crippen molar-refractivity contribution >= 4 is 30.1 Å². The summed E-state index contributed by atoms with van der Waals surface area (Å²) in [5, 5.41) is 9.12. The summed E-state index contributed by atoms with van der Waals surface area (Å²) < 4.78 is 0. The Balaban J connectivity index is 0.00000225. The quantitative estimate of drug-likeness (QED) is 0.840. The number of carboxylic acids is 1. The smallest absolute Gasteiger partial charge is 0.311 e. The maximum Gasteiger partial charge on any atom is 0.311 e. The molecule has 0 spiro atoms. The highest BCUT2D eigenvalue weighted by molar-refractivity contribution is 7.98. The Hall–Kier alpha value is -0.670. The van der Waals surface area contributed by atoms with Gasteiger partial charge in [0.05, 0.1) is 5.92 Å². The number of thioether (sulfide) groups is 1. The van der Waals surface area contributed by atoms with Gasteiger partial charge in [0.15, 0.2) is 0 Å². The lowest BCUT2D eigenvalue weighted by atomic mass is 9.89. The van der Waals surface area contributed by atoms with Gasteiger partial charge in [0.2, 0.25) is 0 Å². The van der Waals surface area contributed by atoms with E-state index in [1.165, 1.54) is 0 Å². The molecule has 1 aromatic rings. The van der Waals surface area contributed by atoms with Crippen molar-refractivity contribution in [2.45, 2.75) is 24.7 Å². The van der Waals surface area contributed by atoms with E-state index in [-0.39, 0.29) is 18.3 Å². The number of hydrogen-bond acceptors (Lipinski definition) is 2. The van der Waals surface area contributed by atoms with Crippen molar-refractivity contribution in [3.8, 4) is 0 Å². The molecule has 0 aliphatic carbocycles. The number of aliphatic carboxylic acids is 1. The monoisotopic (exact) mass is 260 g/mol. The van der Waals surface area contributed by atoms with Gasteiger partial charge in [0.1, 0.15) is 0 Å². The van der Waals surface area contributed by atoms with E-state index in [1.54, 1.807) is 11.8 Å². The molecule has 90 valence electrons. The molecule has 16 heavy (non-hydrogen) atoms. The lowest BCUT2D eigenvalue weighted by molar-refractivity contribution is -0.139. The molecule has 0 saturated carbocycles. The van der Waals surface area contributed by atoms with Crippen LogP contribution in [0, 0.1) is 5.92 Å². The van der Waals surface area contributed by atoms with E-state index in [2.05, 4.69) is 0 Å². The predicted molar refractivity (Wildman–Crippen MR) is 70.7 cm³/mol. The van der Waals surface area contributed by atoms with Crippen molar-refractivity contribution in [1.29, 1.82) is 0 Å². The summed E-state index contributed by atoms with van der Waals surface area (Å²) >= 11 is 1.66. The highest BCUT2D eigenvalue weighted by Gasteiger charge is 2.23. The summed E-state index contributed by atoms with van der Waals surface area (Å²) in [4.78, 5) is 12.2. The predicted octanol–water partition coefficient (Wildman–Crippen LogP) is 3.65. The molecule has 0 fully saturated rings. The fourth-order valence-corrected chi connectivity index (χ4v) is 2.03. The van der Waals surface area contributed by atoms with Gasteiger partial charge in [0.25, 0.3) is 0 Å². The Labute approximate surface area is 107 Å². The summed E-state index contributed by atoms with van der Waals surface area (Å²) in [5.41, 5.74) is 0.885. The Bertz CT molecular complexity index is 335. The van der Waals surface area contributed by atoms with E-state index in [0.29, 0.717) is 0 Å². The Kier molecular flexibility index (Phi) is 6.53. The molecule has 1 unspecified atom stereocenters. The van der Waals surface area contributed by atoms with Crippen molar-refractivity contribution in [2.24, 2.45) is 5.92 Å². The van der Waals surface area contributed by atoms with Crippen LogP contribution in [0.25, 0.3) is 0 Å². The SMILES string of the molecule is CSc1ccc(C(C(=O)O)C(C)C)cc1.Cl. The molecule has 0 aliphatic heterocycles. The molecule has 0 amide bonds. The van der Waals surface area contributed by atoms with Crippen molar-refractivity contribution in [3.63, 3.8) is 0 Å². The fourth-order valence-electron chi connectivity index (χ4n) is 1.62. The second kappa shape index (κ2) is 6.81. The zero-order valence-corrected chi connectivity index (χ0v) is 11.3. The van der Waals surface area contributed by atoms with Crippen LogP contribution in [-0.4, -0.2) is 17.3 Å². The largest absolute Gasteiger partial charge is 0.481 e. The van der Waals surface area contributed by atoms with Gasteiger partial charge in [-0.05, 0) is 29.9 Å². The van der Waals surface area contributed by atoms with Gasteiger partial charge in [-0.1, -0.05) is 26.0 Å². The molecule has 1 N–H and O–H groups in total. The first-order valence-electron chi connectivity index (χ1n) is 4.93. The molecule has 0 aliphatic rings. The summed E-state index contributed by atoms with van der Waals surface area (Å²) in [6.07, 6.45) is 2.01. The third kappa shape index (κ3) is 3.72. The zero-order valence-electron chi connectivity index (χ0n) is 9.64. The second-order valence-corrected chi connectivity index (χ2v) is 4.71. The normalized spacial score (nSPS) is 12.0.